The van der Waals surface area contributed by atoms with Crippen molar-refractivity contribution in [3.8, 4) is 5.75 Å². The molecule has 1 aromatic carbocycles. The lowest BCUT2D eigenvalue weighted by molar-refractivity contribution is 0.415. The van der Waals surface area contributed by atoms with Crippen molar-refractivity contribution in [1.29, 1.82) is 0 Å². The number of benzene rings is 1. The predicted molar refractivity (Wildman–Crippen MR) is 67.1 cm³/mol. The highest BCUT2D eigenvalue weighted by atomic mass is 35.5. The summed E-state index contributed by atoms with van der Waals surface area (Å²) in [5, 5.41) is 1.73. The molecule has 16 heavy (non-hydrogen) atoms. The summed E-state index contributed by atoms with van der Waals surface area (Å²) in [6, 6.07) is 3.87. The Bertz CT molecular complexity index is 546. The van der Waals surface area contributed by atoms with E-state index in [-0.39, 0.29) is 0 Å². The normalized spacial score (nSPS) is 11.1. The Hall–Kier alpha value is -1.19. The Labute approximate surface area is 99.7 Å². The molecule has 0 spiro atoms. The second kappa shape index (κ2) is 4.00. The minimum absolute atomic E-state index is 0.520. The van der Waals surface area contributed by atoms with E-state index in [9.17, 15) is 0 Å². The number of fused-ring (bicyclic) bond motifs is 1. The molecule has 0 bridgehead atoms. The van der Waals surface area contributed by atoms with Crippen LogP contribution in [0.5, 0.6) is 5.75 Å². The van der Waals surface area contributed by atoms with E-state index in [2.05, 4.69) is 11.5 Å². The fraction of sp³-hybridized carbons (Fsp3) is 0.333. The fourth-order valence-electron chi connectivity index (χ4n) is 2.05. The van der Waals surface area contributed by atoms with Crippen molar-refractivity contribution in [2.75, 3.05) is 7.11 Å². The average Bonchev–Trinajstić information content (AvgIpc) is 2.50. The van der Waals surface area contributed by atoms with Crippen LogP contribution in [0.25, 0.3) is 10.9 Å². The van der Waals surface area contributed by atoms with E-state index >= 15 is 0 Å². The first kappa shape index (κ1) is 11.3. The van der Waals surface area contributed by atoms with Gasteiger partial charge >= 0.3 is 0 Å². The standard InChI is InChI=1S/C12H15ClN2O/c1-7-9(6-14)8-4-10(13)12(16-3)5-11(8)15(7)2/h4-5H,6,14H2,1-3H3. The first-order valence-electron chi connectivity index (χ1n) is 5.11. The third-order valence-corrected chi connectivity index (χ3v) is 3.40. The van der Waals surface area contributed by atoms with Crippen LogP contribution in [0, 0.1) is 6.92 Å². The zero-order chi connectivity index (χ0) is 11.9. The number of hydrogen-bond acceptors (Lipinski definition) is 2. The van der Waals surface area contributed by atoms with Crippen LogP contribution in [0.15, 0.2) is 12.1 Å². The van der Waals surface area contributed by atoms with Gasteiger partial charge in [-0.2, -0.15) is 0 Å². The van der Waals surface area contributed by atoms with Crippen molar-refractivity contribution >= 4 is 22.5 Å². The van der Waals surface area contributed by atoms with E-state index in [4.69, 9.17) is 22.1 Å². The largest absolute Gasteiger partial charge is 0.495 e. The molecule has 0 aliphatic heterocycles. The highest BCUT2D eigenvalue weighted by Gasteiger charge is 2.13. The monoisotopic (exact) mass is 238 g/mol. The maximum absolute atomic E-state index is 6.12. The highest BCUT2D eigenvalue weighted by molar-refractivity contribution is 6.32. The fourth-order valence-corrected chi connectivity index (χ4v) is 2.29. The van der Waals surface area contributed by atoms with E-state index in [0.29, 0.717) is 17.3 Å². The van der Waals surface area contributed by atoms with Crippen molar-refractivity contribution in [1.82, 2.24) is 4.57 Å². The smallest absolute Gasteiger partial charge is 0.139 e. The van der Waals surface area contributed by atoms with Crippen LogP contribution in [0.1, 0.15) is 11.3 Å². The van der Waals surface area contributed by atoms with E-state index in [1.54, 1.807) is 7.11 Å². The van der Waals surface area contributed by atoms with Crippen LogP contribution in [0.4, 0.5) is 0 Å². The van der Waals surface area contributed by atoms with Crippen molar-refractivity contribution in [2.24, 2.45) is 12.8 Å². The molecule has 0 saturated carbocycles. The molecule has 2 rings (SSSR count). The second-order valence-electron chi connectivity index (χ2n) is 3.83. The Balaban J connectivity index is 2.85. The lowest BCUT2D eigenvalue weighted by atomic mass is 10.1. The molecule has 0 amide bonds. The zero-order valence-electron chi connectivity index (χ0n) is 9.67. The molecule has 0 fully saturated rings. The van der Waals surface area contributed by atoms with Crippen LogP contribution in [-0.4, -0.2) is 11.7 Å². The SMILES string of the molecule is COc1cc2c(cc1Cl)c(CN)c(C)n2C. The summed E-state index contributed by atoms with van der Waals surface area (Å²) in [5.74, 6) is 0.693. The third-order valence-electron chi connectivity index (χ3n) is 3.10. The van der Waals surface area contributed by atoms with Crippen LogP contribution in [0.2, 0.25) is 5.02 Å². The number of aromatic nitrogens is 1. The van der Waals surface area contributed by atoms with E-state index in [1.807, 2.05) is 19.2 Å². The summed E-state index contributed by atoms with van der Waals surface area (Å²) < 4.78 is 7.32. The molecule has 2 aromatic rings. The van der Waals surface area contributed by atoms with Gasteiger partial charge in [0, 0.05) is 30.7 Å². The number of halogens is 1. The molecule has 1 aromatic heterocycles. The van der Waals surface area contributed by atoms with Gasteiger partial charge in [0.1, 0.15) is 5.75 Å². The number of methoxy groups -OCH3 is 1. The molecule has 2 N–H and O–H groups in total. The Kier molecular flexibility index (Phi) is 2.82. The summed E-state index contributed by atoms with van der Waals surface area (Å²) in [6.07, 6.45) is 0. The second-order valence-corrected chi connectivity index (χ2v) is 4.24. The van der Waals surface area contributed by atoms with Gasteiger partial charge in [-0.3, -0.25) is 0 Å². The first-order chi connectivity index (χ1) is 7.60. The maximum Gasteiger partial charge on any atom is 0.139 e. The van der Waals surface area contributed by atoms with Gasteiger partial charge < -0.3 is 15.0 Å². The molecular formula is C12H15ClN2O. The summed E-state index contributed by atoms with van der Waals surface area (Å²) in [7, 11) is 3.64. The summed E-state index contributed by atoms with van der Waals surface area (Å²) in [6.45, 7) is 2.58. The molecule has 0 radical (unpaired) electrons. The Morgan fingerprint density at radius 3 is 2.69 bits per heavy atom. The van der Waals surface area contributed by atoms with Gasteiger partial charge in [-0.15, -0.1) is 0 Å². The quantitative estimate of drug-likeness (QED) is 0.874. The minimum atomic E-state index is 0.520. The number of nitrogens with zero attached hydrogens (tertiary/aromatic N) is 1. The molecule has 0 aliphatic rings. The molecule has 0 atom stereocenters. The van der Waals surface area contributed by atoms with E-state index < -0.39 is 0 Å². The topological polar surface area (TPSA) is 40.2 Å². The number of aryl methyl sites for hydroxylation is 1. The Morgan fingerprint density at radius 2 is 2.12 bits per heavy atom. The van der Waals surface area contributed by atoms with E-state index in [0.717, 1.165) is 16.5 Å². The van der Waals surface area contributed by atoms with Crippen LogP contribution in [0.3, 0.4) is 0 Å². The molecular weight excluding hydrogens is 224 g/mol. The first-order valence-corrected chi connectivity index (χ1v) is 5.49. The average molecular weight is 239 g/mol. The lowest BCUT2D eigenvalue weighted by Crippen LogP contribution is -1.98. The van der Waals surface area contributed by atoms with Crippen LogP contribution >= 0.6 is 11.6 Å². The molecule has 3 nitrogen and oxygen atoms in total. The minimum Gasteiger partial charge on any atom is -0.495 e. The number of ether oxygens (including phenoxy) is 1. The van der Waals surface area contributed by atoms with Crippen molar-refractivity contribution in [2.45, 2.75) is 13.5 Å². The highest BCUT2D eigenvalue weighted by Crippen LogP contribution is 2.33. The van der Waals surface area contributed by atoms with Gasteiger partial charge in [0.05, 0.1) is 17.6 Å². The molecule has 86 valence electrons. The molecule has 0 aliphatic carbocycles. The van der Waals surface area contributed by atoms with Gasteiger partial charge in [0.2, 0.25) is 0 Å². The molecule has 1 heterocycles. The van der Waals surface area contributed by atoms with Crippen LogP contribution in [-0.2, 0) is 13.6 Å². The van der Waals surface area contributed by atoms with Crippen LogP contribution < -0.4 is 10.5 Å². The summed E-state index contributed by atoms with van der Waals surface area (Å²) >= 11 is 6.12. The van der Waals surface area contributed by atoms with Gasteiger partial charge in [-0.05, 0) is 18.6 Å². The summed E-state index contributed by atoms with van der Waals surface area (Å²) in [5.41, 5.74) is 9.17. The van der Waals surface area contributed by atoms with Crippen molar-refractivity contribution in [3.05, 3.63) is 28.4 Å². The lowest BCUT2D eigenvalue weighted by Gasteiger charge is -2.04. The predicted octanol–water partition coefficient (Wildman–Crippen LogP) is 2.61. The maximum atomic E-state index is 6.12. The number of hydrogen-bond donors (Lipinski definition) is 1. The third kappa shape index (κ3) is 1.47. The summed E-state index contributed by atoms with van der Waals surface area (Å²) in [4.78, 5) is 0. The number of rotatable bonds is 2. The van der Waals surface area contributed by atoms with Gasteiger partial charge in [0.15, 0.2) is 0 Å². The zero-order valence-corrected chi connectivity index (χ0v) is 10.4. The van der Waals surface area contributed by atoms with Gasteiger partial charge in [0.25, 0.3) is 0 Å². The molecule has 0 unspecified atom stereocenters. The molecule has 0 saturated heterocycles. The van der Waals surface area contributed by atoms with Gasteiger partial charge in [-0.1, -0.05) is 11.6 Å². The Morgan fingerprint density at radius 1 is 1.44 bits per heavy atom. The van der Waals surface area contributed by atoms with Gasteiger partial charge in [-0.25, -0.2) is 0 Å². The van der Waals surface area contributed by atoms with Crippen molar-refractivity contribution < 1.29 is 4.74 Å². The number of nitrogens with two attached hydrogens (primary N) is 1. The van der Waals surface area contributed by atoms with Crippen molar-refractivity contribution in [3.63, 3.8) is 0 Å². The molecule has 4 heteroatoms. The van der Waals surface area contributed by atoms with E-state index in [1.165, 1.54) is 5.69 Å².